The fraction of sp³-hybridized carbons (Fsp3) is 0.360. The maximum absolute atomic E-state index is 13.6. The minimum atomic E-state index is -1.20. The Morgan fingerprint density at radius 1 is 0.676 bits per heavy atom. The molecule has 3 heterocycles. The number of nitrogens with zero attached hydrogens (tertiary/aromatic N) is 3. The van der Waals surface area contributed by atoms with Gasteiger partial charge in [0.1, 0.15) is 18.8 Å². The largest absolute Gasteiger partial charge is 0.347 e. The number of amides is 13. The zero-order valence-electron chi connectivity index (χ0n) is 40.4. The van der Waals surface area contributed by atoms with Crippen LogP contribution >= 0.6 is 11.6 Å². The van der Waals surface area contributed by atoms with E-state index in [0.29, 0.717) is 52.2 Å². The lowest BCUT2D eigenvalue weighted by Gasteiger charge is -2.35. The summed E-state index contributed by atoms with van der Waals surface area (Å²) in [6, 6.07) is 16.2. The number of carbonyl (C=O) groups excluding carboxylic acids is 12. The van der Waals surface area contributed by atoms with Crippen molar-refractivity contribution in [3.8, 4) is 0 Å². The van der Waals surface area contributed by atoms with Crippen molar-refractivity contribution >= 4 is 88.3 Å². The van der Waals surface area contributed by atoms with Crippen LogP contribution in [-0.4, -0.2) is 137 Å². The lowest BCUT2D eigenvalue weighted by Crippen LogP contribution is -2.57. The van der Waals surface area contributed by atoms with Gasteiger partial charge in [0.2, 0.25) is 41.4 Å². The van der Waals surface area contributed by atoms with Crippen molar-refractivity contribution in [1.82, 2.24) is 51.9 Å². The standard InChI is InChI=1S/C50H56ClN11O12/c1-30-11-13-34(22-36(30)51)58-50(74)56-23-32-12-14-35-33(20-32)28-61(48(35)72)38-15-16-46(70)62(49(38)73)29-57-42(66)25-53-41(65)26-55-47(71)37(21-31-8-4-2-5-9-31)59-43(67)27-54-40(64)24-52-39(63)10-6-3-7-19-60-44(68)17-18-45(60)69/h2,4-5,8-9,11-14,17-18,20,22,37-38H,3,6-7,10,15-16,19,21,23-29H2,1H3,(H,52,63)(H,53,65)(H,54,64)(H,55,71)(H,57,66)(H,59,67)(H2,56,58,74)/t37-,38?/m0/s1. The molecule has 24 heteroatoms. The summed E-state index contributed by atoms with van der Waals surface area (Å²) in [5, 5.41) is 20.5. The number of imide groups is 2. The fourth-order valence-electron chi connectivity index (χ4n) is 8.02. The van der Waals surface area contributed by atoms with Crippen molar-refractivity contribution in [2.45, 2.75) is 77.0 Å². The third-order valence-corrected chi connectivity index (χ3v) is 12.5. The number of nitrogens with one attached hydrogen (secondary N) is 8. The summed E-state index contributed by atoms with van der Waals surface area (Å²) in [7, 11) is 0. The Balaban J connectivity index is 0.886. The minimum Gasteiger partial charge on any atom is -0.347 e. The first-order valence-electron chi connectivity index (χ1n) is 23.7. The topological polar surface area (TPSA) is 311 Å². The SMILES string of the molecule is Cc1ccc(NC(=O)NCc2ccc3c(c2)CN(C2CCC(=O)N(CNC(=O)CNC(=O)CNC(=O)[C@H](Cc4ccccc4)NC(=O)CNC(=O)CNC(=O)CCCCCN4C(=O)C=CC4=O)C2=O)C3=O)cc1Cl. The Bertz CT molecular complexity index is 2720. The molecular weight excluding hydrogens is 982 g/mol. The molecular formula is C50H56ClN11O12. The van der Waals surface area contributed by atoms with E-state index in [9.17, 15) is 57.5 Å². The number of halogens is 1. The minimum absolute atomic E-state index is 0.00809. The summed E-state index contributed by atoms with van der Waals surface area (Å²) in [4.78, 5) is 155. The van der Waals surface area contributed by atoms with Crippen LogP contribution in [0.4, 0.5) is 10.5 Å². The van der Waals surface area contributed by atoms with Gasteiger partial charge in [0.05, 0.1) is 26.2 Å². The first-order chi connectivity index (χ1) is 35.4. The second kappa shape index (κ2) is 26.3. The Kier molecular flexibility index (Phi) is 19.5. The van der Waals surface area contributed by atoms with Crippen LogP contribution in [0.5, 0.6) is 0 Å². The van der Waals surface area contributed by atoms with Gasteiger partial charge in [0.25, 0.3) is 23.6 Å². The van der Waals surface area contributed by atoms with E-state index < -0.39 is 104 Å². The number of hydrogen-bond donors (Lipinski definition) is 8. The molecule has 3 aromatic rings. The molecule has 3 aromatic carbocycles. The summed E-state index contributed by atoms with van der Waals surface area (Å²) in [6.07, 6.45) is 4.02. The molecule has 1 fully saturated rings. The molecule has 0 spiro atoms. The third-order valence-electron chi connectivity index (χ3n) is 12.1. The predicted molar refractivity (Wildman–Crippen MR) is 265 cm³/mol. The van der Waals surface area contributed by atoms with Crippen LogP contribution in [0.25, 0.3) is 0 Å². The molecule has 23 nitrogen and oxygen atoms in total. The van der Waals surface area contributed by atoms with Crippen LogP contribution in [0.15, 0.2) is 78.9 Å². The first kappa shape index (κ1) is 54.9. The van der Waals surface area contributed by atoms with Crippen LogP contribution < -0.4 is 42.5 Å². The highest BCUT2D eigenvalue weighted by Gasteiger charge is 2.43. The second-order valence-electron chi connectivity index (χ2n) is 17.5. The van der Waals surface area contributed by atoms with Crippen LogP contribution in [0.1, 0.15) is 71.1 Å². The normalized spacial score (nSPS) is 15.3. The molecule has 0 bridgehead atoms. The summed E-state index contributed by atoms with van der Waals surface area (Å²) in [6.45, 7) is -0.398. The van der Waals surface area contributed by atoms with Crippen LogP contribution in [0.3, 0.4) is 0 Å². The number of aryl methyl sites for hydroxylation is 1. The van der Waals surface area contributed by atoms with Gasteiger partial charge in [0, 0.05) is 67.3 Å². The zero-order valence-corrected chi connectivity index (χ0v) is 41.1. The number of rotatable bonds is 24. The predicted octanol–water partition coefficient (Wildman–Crippen LogP) is 0.195. The molecule has 1 unspecified atom stereocenters. The van der Waals surface area contributed by atoms with Crippen molar-refractivity contribution in [3.05, 3.63) is 112 Å². The molecule has 3 aliphatic heterocycles. The molecule has 8 N–H and O–H groups in total. The molecule has 0 radical (unpaired) electrons. The Morgan fingerprint density at radius 3 is 2.04 bits per heavy atom. The molecule has 0 saturated carbocycles. The van der Waals surface area contributed by atoms with Crippen LogP contribution in [-0.2, 0) is 67.5 Å². The Morgan fingerprint density at radius 2 is 1.34 bits per heavy atom. The summed E-state index contributed by atoms with van der Waals surface area (Å²) in [5.74, 6) is -6.56. The van der Waals surface area contributed by atoms with Gasteiger partial charge >= 0.3 is 6.03 Å². The molecule has 1 saturated heterocycles. The number of unbranched alkanes of at least 4 members (excludes halogenated alkanes) is 2. The number of anilines is 1. The summed E-state index contributed by atoms with van der Waals surface area (Å²) < 4.78 is 0. The van der Waals surface area contributed by atoms with E-state index >= 15 is 0 Å². The molecule has 6 rings (SSSR count). The number of fused-ring (bicyclic) bond motifs is 1. The number of hydrogen-bond acceptors (Lipinski definition) is 12. The zero-order chi connectivity index (χ0) is 53.3. The van der Waals surface area contributed by atoms with Gasteiger partial charge in [-0.3, -0.25) is 62.5 Å². The van der Waals surface area contributed by atoms with Gasteiger partial charge in [-0.05, 0) is 66.6 Å². The molecule has 390 valence electrons. The summed E-state index contributed by atoms with van der Waals surface area (Å²) >= 11 is 6.15. The number of likely N-dealkylation sites (tertiary alicyclic amines) is 1. The first-order valence-corrected chi connectivity index (χ1v) is 24.1. The molecule has 74 heavy (non-hydrogen) atoms. The Hall–Kier alpha value is -8.47. The smallest absolute Gasteiger partial charge is 0.319 e. The van der Waals surface area contributed by atoms with Crippen molar-refractivity contribution in [1.29, 1.82) is 0 Å². The average molecular weight is 1040 g/mol. The maximum Gasteiger partial charge on any atom is 0.319 e. The molecule has 0 aliphatic carbocycles. The number of piperidine rings is 1. The van der Waals surface area contributed by atoms with E-state index in [1.165, 1.54) is 17.1 Å². The summed E-state index contributed by atoms with van der Waals surface area (Å²) in [5.41, 5.74) is 3.74. The lowest BCUT2D eigenvalue weighted by molar-refractivity contribution is -0.153. The van der Waals surface area contributed by atoms with Crippen LogP contribution in [0.2, 0.25) is 5.02 Å². The number of benzene rings is 3. The van der Waals surface area contributed by atoms with Crippen LogP contribution in [0, 0.1) is 6.92 Å². The maximum atomic E-state index is 13.6. The van der Waals surface area contributed by atoms with E-state index in [1.807, 2.05) is 6.92 Å². The highest BCUT2D eigenvalue weighted by atomic mass is 35.5. The molecule has 2 atom stereocenters. The van der Waals surface area contributed by atoms with Gasteiger partial charge in [-0.2, -0.15) is 0 Å². The van der Waals surface area contributed by atoms with Crippen molar-refractivity contribution in [2.75, 3.05) is 44.7 Å². The quantitative estimate of drug-likeness (QED) is 0.0441. The average Bonchev–Trinajstić information content (AvgIpc) is 3.88. The van der Waals surface area contributed by atoms with E-state index in [4.69, 9.17) is 11.6 Å². The fourth-order valence-corrected chi connectivity index (χ4v) is 8.20. The Labute approximate surface area is 429 Å². The van der Waals surface area contributed by atoms with Gasteiger partial charge in [-0.1, -0.05) is 66.6 Å². The van der Waals surface area contributed by atoms with Gasteiger partial charge < -0.3 is 47.4 Å². The van der Waals surface area contributed by atoms with Crippen molar-refractivity contribution in [3.63, 3.8) is 0 Å². The van der Waals surface area contributed by atoms with Crippen molar-refractivity contribution in [2.24, 2.45) is 0 Å². The second-order valence-corrected chi connectivity index (χ2v) is 17.9. The van der Waals surface area contributed by atoms with Gasteiger partial charge in [0.15, 0.2) is 0 Å². The molecule has 3 aliphatic rings. The van der Waals surface area contributed by atoms with E-state index in [-0.39, 0.29) is 57.1 Å². The van der Waals surface area contributed by atoms with Crippen molar-refractivity contribution < 1.29 is 57.5 Å². The van der Waals surface area contributed by atoms with E-state index in [0.717, 1.165) is 15.4 Å². The number of carbonyl (C=O) groups is 12. The molecule has 13 amide bonds. The van der Waals surface area contributed by atoms with E-state index in [1.54, 1.807) is 66.7 Å². The monoisotopic (exact) mass is 1040 g/mol. The van der Waals surface area contributed by atoms with E-state index in [2.05, 4.69) is 42.5 Å². The third kappa shape index (κ3) is 15.8. The molecule has 0 aromatic heterocycles. The highest BCUT2D eigenvalue weighted by Crippen LogP contribution is 2.30. The van der Waals surface area contributed by atoms with Gasteiger partial charge in [-0.25, -0.2) is 4.79 Å². The lowest BCUT2D eigenvalue weighted by atomic mass is 10.0. The van der Waals surface area contributed by atoms with Gasteiger partial charge in [-0.15, -0.1) is 0 Å². The highest BCUT2D eigenvalue weighted by molar-refractivity contribution is 6.31. The number of urea groups is 1.